The molecule has 1 fully saturated rings. The quantitative estimate of drug-likeness (QED) is 0.818. The van der Waals surface area contributed by atoms with E-state index < -0.39 is 0 Å². The summed E-state index contributed by atoms with van der Waals surface area (Å²) in [6.45, 7) is 0. The summed E-state index contributed by atoms with van der Waals surface area (Å²) in [6.07, 6.45) is 1.10. The minimum Gasteiger partial charge on any atom is -0.349 e. The molecule has 18 heavy (non-hydrogen) atoms. The van der Waals surface area contributed by atoms with Crippen molar-refractivity contribution in [2.45, 2.75) is 18.9 Å². The predicted octanol–water partition coefficient (Wildman–Crippen LogP) is 1.75. The van der Waals surface area contributed by atoms with Gasteiger partial charge in [-0.05, 0) is 17.9 Å². The first-order valence-corrected chi connectivity index (χ1v) is 6.90. The van der Waals surface area contributed by atoms with Crippen molar-refractivity contribution >= 4 is 23.2 Å². The van der Waals surface area contributed by atoms with Gasteiger partial charge >= 0.3 is 0 Å². The Balaban J connectivity index is 2.33. The lowest BCUT2D eigenvalue weighted by molar-refractivity contribution is -0.145. The minimum atomic E-state index is -0.124. The van der Waals surface area contributed by atoms with Gasteiger partial charge in [-0.25, -0.2) is 0 Å². The highest BCUT2D eigenvalue weighted by Gasteiger charge is 2.39. The Bertz CT molecular complexity index is 442. The first-order chi connectivity index (χ1) is 8.52. The molecule has 2 atom stereocenters. The van der Waals surface area contributed by atoms with Crippen molar-refractivity contribution in [2.24, 2.45) is 5.92 Å². The number of carbonyl (C=O) groups excluding carboxylic acids is 2. The average molecular weight is 266 g/mol. The maximum atomic E-state index is 12.2. The number of thiophene rings is 1. The van der Waals surface area contributed by atoms with Gasteiger partial charge in [-0.2, -0.15) is 0 Å². The molecule has 0 N–H and O–H groups in total. The van der Waals surface area contributed by atoms with Gasteiger partial charge in [0.15, 0.2) is 0 Å². The molecule has 2 amide bonds. The number of rotatable bonds is 2. The molecular formula is C13H18N2O2S. The number of carbonyl (C=O) groups is 2. The molecule has 0 saturated carbocycles. The minimum absolute atomic E-state index is 0.104. The van der Waals surface area contributed by atoms with Gasteiger partial charge in [0.1, 0.15) is 0 Å². The van der Waals surface area contributed by atoms with Gasteiger partial charge < -0.3 is 9.80 Å². The number of hydrogen-bond donors (Lipinski definition) is 0. The highest BCUT2D eigenvalue weighted by atomic mass is 32.1. The Morgan fingerprint density at radius 2 is 2.22 bits per heavy atom. The lowest BCUT2D eigenvalue weighted by Crippen LogP contribution is -2.45. The molecule has 0 bridgehead atoms. The van der Waals surface area contributed by atoms with Crippen LogP contribution in [0.1, 0.15) is 23.8 Å². The molecule has 1 aliphatic heterocycles. The van der Waals surface area contributed by atoms with Crippen LogP contribution in [0.4, 0.5) is 0 Å². The lowest BCUT2D eigenvalue weighted by atomic mass is 9.87. The molecule has 0 radical (unpaired) electrons. The Hall–Kier alpha value is -1.36. The highest BCUT2D eigenvalue weighted by molar-refractivity contribution is 7.10. The first kappa shape index (κ1) is 13.1. The zero-order valence-corrected chi connectivity index (χ0v) is 11.7. The van der Waals surface area contributed by atoms with Crippen molar-refractivity contribution in [3.8, 4) is 0 Å². The summed E-state index contributed by atoms with van der Waals surface area (Å²) in [5.74, 6) is 0.102. The molecule has 2 rings (SSSR count). The topological polar surface area (TPSA) is 40.6 Å². The smallest absolute Gasteiger partial charge is 0.227 e. The molecule has 4 nitrogen and oxygen atoms in total. The fraction of sp³-hybridized carbons (Fsp3) is 0.538. The summed E-state index contributed by atoms with van der Waals surface area (Å²) in [5, 5.41) is 1.99. The highest BCUT2D eigenvalue weighted by Crippen LogP contribution is 2.38. The second-order valence-electron chi connectivity index (χ2n) is 4.84. The van der Waals surface area contributed by atoms with E-state index in [2.05, 4.69) is 0 Å². The Morgan fingerprint density at radius 1 is 1.50 bits per heavy atom. The number of nitrogens with zero attached hydrogens (tertiary/aromatic N) is 2. The van der Waals surface area contributed by atoms with Crippen molar-refractivity contribution in [1.82, 2.24) is 9.80 Å². The fourth-order valence-electron chi connectivity index (χ4n) is 2.48. The van der Waals surface area contributed by atoms with Crippen molar-refractivity contribution < 1.29 is 9.59 Å². The molecule has 1 aromatic heterocycles. The number of likely N-dealkylation sites (tertiary alicyclic amines) is 1. The normalized spacial score (nSPS) is 24.2. The summed E-state index contributed by atoms with van der Waals surface area (Å²) < 4.78 is 0. The van der Waals surface area contributed by atoms with E-state index in [4.69, 9.17) is 0 Å². The molecule has 0 aromatic carbocycles. The molecule has 98 valence electrons. The number of amides is 2. The van der Waals surface area contributed by atoms with Crippen LogP contribution in [0.3, 0.4) is 0 Å². The van der Waals surface area contributed by atoms with Crippen LogP contribution < -0.4 is 0 Å². The van der Waals surface area contributed by atoms with E-state index >= 15 is 0 Å². The van der Waals surface area contributed by atoms with Crippen molar-refractivity contribution in [3.63, 3.8) is 0 Å². The van der Waals surface area contributed by atoms with Crippen LogP contribution in [0, 0.1) is 5.92 Å². The van der Waals surface area contributed by atoms with E-state index in [0.29, 0.717) is 12.8 Å². The van der Waals surface area contributed by atoms with Crippen molar-refractivity contribution in [1.29, 1.82) is 0 Å². The van der Waals surface area contributed by atoms with E-state index in [1.54, 1.807) is 42.3 Å². The summed E-state index contributed by atoms with van der Waals surface area (Å²) in [5.41, 5.74) is 0. The van der Waals surface area contributed by atoms with E-state index in [0.717, 1.165) is 4.88 Å². The molecule has 1 aliphatic rings. The van der Waals surface area contributed by atoms with Gasteiger partial charge in [0.25, 0.3) is 0 Å². The monoisotopic (exact) mass is 266 g/mol. The summed E-state index contributed by atoms with van der Waals surface area (Å²) >= 11 is 1.60. The van der Waals surface area contributed by atoms with Crippen molar-refractivity contribution in [3.05, 3.63) is 22.4 Å². The third-order valence-corrected chi connectivity index (χ3v) is 4.40. The van der Waals surface area contributed by atoms with Crippen LogP contribution in [0.15, 0.2) is 17.5 Å². The molecule has 0 unspecified atom stereocenters. The number of hydrogen-bond acceptors (Lipinski definition) is 3. The van der Waals surface area contributed by atoms with E-state index in [1.165, 1.54) is 0 Å². The van der Waals surface area contributed by atoms with Crippen LogP contribution in [0.2, 0.25) is 0 Å². The Labute approximate surface area is 111 Å². The second-order valence-corrected chi connectivity index (χ2v) is 5.82. The predicted molar refractivity (Wildman–Crippen MR) is 71.2 cm³/mol. The van der Waals surface area contributed by atoms with Crippen molar-refractivity contribution in [2.75, 3.05) is 21.1 Å². The lowest BCUT2D eigenvalue weighted by Gasteiger charge is -2.38. The Kier molecular flexibility index (Phi) is 3.71. The maximum absolute atomic E-state index is 12.2. The van der Waals surface area contributed by atoms with Gasteiger partial charge in [-0.15, -0.1) is 11.3 Å². The zero-order chi connectivity index (χ0) is 13.3. The first-order valence-electron chi connectivity index (χ1n) is 6.02. The maximum Gasteiger partial charge on any atom is 0.227 e. The fourth-order valence-corrected chi connectivity index (χ4v) is 3.41. The molecule has 0 aliphatic carbocycles. The molecule has 2 heterocycles. The summed E-state index contributed by atoms with van der Waals surface area (Å²) in [7, 11) is 5.33. The van der Waals surface area contributed by atoms with E-state index in [9.17, 15) is 9.59 Å². The summed E-state index contributed by atoms with van der Waals surface area (Å²) in [4.78, 5) is 28.5. The molecule has 1 aromatic rings. The standard InChI is InChI=1S/C13H18N2O2S/c1-14(2)13(17)9-6-7-11(16)15(3)12(9)10-5-4-8-18-10/h4-5,8-9,12H,6-7H2,1-3H3/t9-,12+/m0/s1. The van der Waals surface area contributed by atoms with Crippen LogP contribution >= 0.6 is 11.3 Å². The Morgan fingerprint density at radius 3 is 2.78 bits per heavy atom. The van der Waals surface area contributed by atoms with Crippen LogP contribution in [-0.4, -0.2) is 42.8 Å². The average Bonchev–Trinajstić information content (AvgIpc) is 2.84. The number of piperidine rings is 1. The van der Waals surface area contributed by atoms with Crippen LogP contribution in [0.25, 0.3) is 0 Å². The second kappa shape index (κ2) is 5.10. The van der Waals surface area contributed by atoms with Crippen LogP contribution in [-0.2, 0) is 9.59 Å². The van der Waals surface area contributed by atoms with Gasteiger partial charge in [0.05, 0.1) is 12.0 Å². The third kappa shape index (κ3) is 2.27. The van der Waals surface area contributed by atoms with Gasteiger partial charge in [0.2, 0.25) is 11.8 Å². The molecule has 5 heteroatoms. The zero-order valence-electron chi connectivity index (χ0n) is 10.9. The van der Waals surface area contributed by atoms with Gasteiger partial charge in [-0.3, -0.25) is 9.59 Å². The molecule has 0 spiro atoms. The SMILES string of the molecule is CN(C)C(=O)[C@H]1CCC(=O)N(C)[C@H]1c1cccs1. The van der Waals surface area contributed by atoms with Crippen LogP contribution in [0.5, 0.6) is 0 Å². The molecule has 1 saturated heterocycles. The van der Waals surface area contributed by atoms with E-state index in [1.807, 2.05) is 17.5 Å². The third-order valence-electron chi connectivity index (χ3n) is 3.45. The van der Waals surface area contributed by atoms with E-state index in [-0.39, 0.29) is 23.8 Å². The summed E-state index contributed by atoms with van der Waals surface area (Å²) in [6, 6.07) is 3.85. The largest absolute Gasteiger partial charge is 0.349 e. The molecular weight excluding hydrogens is 248 g/mol. The van der Waals surface area contributed by atoms with Gasteiger partial charge in [0, 0.05) is 32.4 Å². The van der Waals surface area contributed by atoms with Gasteiger partial charge in [-0.1, -0.05) is 6.07 Å².